The number of benzene rings is 2. The Bertz CT molecular complexity index is 1490. The van der Waals surface area contributed by atoms with E-state index in [0.717, 1.165) is 49.3 Å². The van der Waals surface area contributed by atoms with Gasteiger partial charge in [-0.25, -0.2) is 0 Å². The monoisotopic (exact) mass is 498 g/mol. The molecule has 6 heteroatoms. The highest BCUT2D eigenvalue weighted by Crippen LogP contribution is 2.42. The highest BCUT2D eigenvalue weighted by Gasteiger charge is 2.36. The van der Waals surface area contributed by atoms with Crippen molar-refractivity contribution in [3.05, 3.63) is 69.8 Å². The van der Waals surface area contributed by atoms with Gasteiger partial charge in [-0.15, -0.1) is 0 Å². The van der Waals surface area contributed by atoms with Crippen molar-refractivity contribution < 1.29 is 34.5 Å². The molecule has 1 saturated carbocycles. The van der Waals surface area contributed by atoms with Crippen molar-refractivity contribution >= 4 is 5.71 Å². The van der Waals surface area contributed by atoms with Gasteiger partial charge >= 0.3 is 6.18 Å². The van der Waals surface area contributed by atoms with Crippen molar-refractivity contribution in [1.29, 1.82) is 0 Å². The molecule has 2 aromatic rings. The molecule has 0 N–H and O–H groups in total. The zero-order valence-corrected chi connectivity index (χ0v) is 19.7. The summed E-state index contributed by atoms with van der Waals surface area (Å²) in [5, 5.41) is 3.78. The third-order valence-electron chi connectivity index (χ3n) is 6.13. The molecule has 1 heterocycles. The third-order valence-corrected chi connectivity index (χ3v) is 6.13. The van der Waals surface area contributed by atoms with Crippen LogP contribution in [0.5, 0.6) is 0 Å². The number of oxime groups is 1. The molecule has 1 aliphatic carbocycles. The largest absolute Gasteiger partial charge is 0.416 e. The maximum Gasteiger partial charge on any atom is 0.416 e. The van der Waals surface area contributed by atoms with E-state index in [9.17, 15) is 13.2 Å². The van der Waals surface area contributed by atoms with Gasteiger partial charge in [0.15, 0.2) is 0 Å². The first kappa shape index (κ1) is 14.4. The van der Waals surface area contributed by atoms with Crippen molar-refractivity contribution in [3.63, 3.8) is 0 Å². The van der Waals surface area contributed by atoms with Crippen LogP contribution in [0.25, 0.3) is 0 Å². The van der Waals surface area contributed by atoms with Crippen LogP contribution in [-0.4, -0.2) is 23.7 Å². The molecule has 1 aliphatic heterocycles. The average Bonchev–Trinajstić information content (AvgIpc) is 2.91. The molecule has 2 fully saturated rings. The Hall–Kier alpha value is -2.34. The molecule has 2 aliphatic rings. The Morgan fingerprint density at radius 2 is 1.91 bits per heavy atom. The van der Waals surface area contributed by atoms with Crippen molar-refractivity contribution in [2.24, 2.45) is 11.0 Å². The molecule has 3 nitrogen and oxygen atoms in total. The second kappa shape index (κ2) is 11.2. The number of likely N-dealkylation sites (tertiary alicyclic amines) is 1. The van der Waals surface area contributed by atoms with E-state index in [4.69, 9.17) is 21.3 Å². The zero-order chi connectivity index (χ0) is 35.6. The predicted molar refractivity (Wildman–Crippen MR) is 135 cm³/mol. The third kappa shape index (κ3) is 6.46. The fourth-order valence-electron chi connectivity index (χ4n) is 4.04. The molecule has 4 rings (SSSR count). The van der Waals surface area contributed by atoms with E-state index < -0.39 is 73.8 Å². The molecule has 0 bridgehead atoms. The molecule has 0 atom stereocenters. The SMILES string of the molecule is [2H]C([2H])([2H])/C(=N\OCc1ccc(C2C([2H])([2H])C([2H])([2H])C([2H])(C)C([2H])([2H])C2([2H])[2H])c(C(F)(F)F)c1)c1ccc(CN2CCC2)c(CC)c1. The average molecular weight is 499 g/mol. The Labute approximate surface area is 224 Å². The smallest absolute Gasteiger partial charge is 0.391 e. The fraction of sp³-hybridized carbons (Fsp3) is 0.552. The van der Waals surface area contributed by atoms with Crippen LogP contribution >= 0.6 is 0 Å². The second-order valence-electron chi connectivity index (χ2n) is 8.70. The first-order valence-corrected chi connectivity index (χ1v) is 11.6. The summed E-state index contributed by atoms with van der Waals surface area (Å²) in [6.45, 7) is 1.89. The predicted octanol–water partition coefficient (Wildman–Crippen LogP) is 7.71. The van der Waals surface area contributed by atoms with Crippen LogP contribution in [-0.2, 0) is 30.6 Å². The van der Waals surface area contributed by atoms with E-state index in [1.807, 2.05) is 13.0 Å². The fourth-order valence-corrected chi connectivity index (χ4v) is 4.04. The molecule has 1 saturated heterocycles. The Morgan fingerprint density at radius 3 is 2.54 bits per heavy atom. The number of hydrogen-bond donors (Lipinski definition) is 0. The van der Waals surface area contributed by atoms with Gasteiger partial charge in [-0.3, -0.25) is 4.90 Å². The van der Waals surface area contributed by atoms with E-state index >= 15 is 0 Å². The summed E-state index contributed by atoms with van der Waals surface area (Å²) in [7, 11) is 0. The maximum atomic E-state index is 14.4. The van der Waals surface area contributed by atoms with Crippen LogP contribution in [0.2, 0.25) is 0 Å². The van der Waals surface area contributed by atoms with Gasteiger partial charge in [0, 0.05) is 23.0 Å². The number of alkyl halides is 3. The molecule has 0 radical (unpaired) electrons. The lowest BCUT2D eigenvalue weighted by molar-refractivity contribution is -0.138. The van der Waals surface area contributed by atoms with Gasteiger partial charge in [-0.1, -0.05) is 56.0 Å². The van der Waals surface area contributed by atoms with Crippen LogP contribution in [0.3, 0.4) is 0 Å². The van der Waals surface area contributed by atoms with E-state index in [1.165, 1.54) is 0 Å². The van der Waals surface area contributed by atoms with Gasteiger partial charge in [-0.2, -0.15) is 13.2 Å². The lowest BCUT2D eigenvalue weighted by Crippen LogP contribution is -2.36. The van der Waals surface area contributed by atoms with Gasteiger partial charge < -0.3 is 4.84 Å². The highest BCUT2D eigenvalue weighted by molar-refractivity contribution is 5.98. The van der Waals surface area contributed by atoms with Gasteiger partial charge in [0.1, 0.15) is 6.61 Å². The Kier molecular flexibility index (Phi) is 4.59. The van der Waals surface area contributed by atoms with Crippen molar-refractivity contribution in [3.8, 4) is 0 Å². The lowest BCUT2D eigenvalue weighted by Gasteiger charge is -2.31. The van der Waals surface area contributed by atoms with Crippen molar-refractivity contribution in [2.75, 3.05) is 13.1 Å². The maximum absolute atomic E-state index is 14.4. The zero-order valence-electron chi connectivity index (χ0n) is 31.7. The minimum absolute atomic E-state index is 0.192. The van der Waals surface area contributed by atoms with Crippen LogP contribution in [0.15, 0.2) is 41.6 Å². The van der Waals surface area contributed by atoms with Crippen molar-refractivity contribution in [2.45, 2.75) is 84.3 Å². The van der Waals surface area contributed by atoms with Gasteiger partial charge in [0.25, 0.3) is 0 Å². The second-order valence-corrected chi connectivity index (χ2v) is 8.70. The van der Waals surface area contributed by atoms with E-state index in [-0.39, 0.29) is 11.1 Å². The van der Waals surface area contributed by atoms with Crippen LogP contribution in [0, 0.1) is 5.89 Å². The molecule has 0 aromatic heterocycles. The number of aryl methyl sites for hydroxylation is 1. The normalized spacial score (nSPS) is 34.9. The van der Waals surface area contributed by atoms with Crippen LogP contribution in [0.4, 0.5) is 13.2 Å². The standard InChI is InChI=1S/C29H37F3N2O/c1-4-23-17-25(11-12-26(23)18-34-14-5-15-34)21(3)33-35-19-22-8-13-27(28(16-22)29(30,31)32)24-9-6-20(2)7-10-24/h8,11-13,16-17,20,24H,4-7,9-10,14-15,18-19H2,1-3H3/b33-21+/i3D3,6D2,7D2,9D2,10D2,20D. The first-order valence-electron chi connectivity index (χ1n) is 17.6. The van der Waals surface area contributed by atoms with Crippen LogP contribution < -0.4 is 0 Å². The van der Waals surface area contributed by atoms with E-state index in [2.05, 4.69) is 10.1 Å². The quantitative estimate of drug-likeness (QED) is 0.275. The van der Waals surface area contributed by atoms with Crippen LogP contribution in [0.1, 0.15) is 108 Å². The number of rotatable bonds is 8. The molecular weight excluding hydrogens is 449 g/mol. The number of nitrogens with zero attached hydrogens (tertiary/aromatic N) is 2. The summed E-state index contributed by atoms with van der Waals surface area (Å²) in [5.74, 6) is -5.62. The van der Waals surface area contributed by atoms with Crippen molar-refractivity contribution in [1.82, 2.24) is 4.90 Å². The minimum Gasteiger partial charge on any atom is -0.391 e. The van der Waals surface area contributed by atoms with E-state index in [0.29, 0.717) is 19.4 Å². The summed E-state index contributed by atoms with van der Waals surface area (Å²) in [5.41, 5.74) is -0.977. The molecular formula is C29H37F3N2O. The molecule has 35 heavy (non-hydrogen) atoms. The molecule has 0 amide bonds. The topological polar surface area (TPSA) is 24.8 Å². The summed E-state index contributed by atoms with van der Waals surface area (Å²) in [6.07, 6.45) is -17.2. The minimum atomic E-state index is -5.22. The Balaban J connectivity index is 1.70. The number of hydrogen-bond acceptors (Lipinski definition) is 3. The highest BCUT2D eigenvalue weighted by atomic mass is 19.4. The van der Waals surface area contributed by atoms with E-state index in [1.54, 1.807) is 12.1 Å². The van der Waals surface area contributed by atoms with Gasteiger partial charge in [-0.05, 0) is 97.3 Å². The summed E-state index contributed by atoms with van der Waals surface area (Å²) in [4.78, 5) is 7.50. The Morgan fingerprint density at radius 1 is 1.14 bits per heavy atom. The molecule has 190 valence electrons. The summed E-state index contributed by atoms with van der Waals surface area (Å²) < 4.78 is 142. The van der Waals surface area contributed by atoms with Gasteiger partial charge in [0.05, 0.1) is 11.3 Å². The summed E-state index contributed by atoms with van der Waals surface area (Å²) in [6, 6.07) is 7.43. The lowest BCUT2D eigenvalue weighted by atomic mass is 9.78. The first-order chi connectivity index (χ1) is 21.3. The molecule has 0 spiro atoms. The van der Waals surface area contributed by atoms with Gasteiger partial charge in [0.2, 0.25) is 0 Å². The number of halogens is 3. The summed E-state index contributed by atoms with van der Waals surface area (Å²) >= 11 is 0. The molecule has 0 unspecified atom stereocenters. The molecule has 2 aromatic carbocycles.